The van der Waals surface area contributed by atoms with Crippen LogP contribution in [0.2, 0.25) is 0 Å². The zero-order valence-electron chi connectivity index (χ0n) is 12.6. The van der Waals surface area contributed by atoms with Gasteiger partial charge in [-0.15, -0.1) is 0 Å². The third kappa shape index (κ3) is 3.63. The molecule has 0 N–H and O–H groups in total. The molecule has 2 aromatic rings. The zero-order chi connectivity index (χ0) is 15.4. The highest BCUT2D eigenvalue weighted by Gasteiger charge is 2.15. The minimum Gasteiger partial charge on any atom is -0.369 e. The predicted octanol–water partition coefficient (Wildman–Crippen LogP) is 4.29. The fourth-order valence-electron chi connectivity index (χ4n) is 2.52. The molecule has 1 heterocycles. The number of ketones is 1. The molecule has 2 rings (SSSR count). The van der Waals surface area contributed by atoms with Gasteiger partial charge in [-0.3, -0.25) is 4.79 Å². The third-order valence-corrected chi connectivity index (χ3v) is 4.41. The van der Waals surface area contributed by atoms with Gasteiger partial charge < -0.3 is 9.30 Å². The van der Waals surface area contributed by atoms with E-state index in [-0.39, 0.29) is 12.4 Å². The average Bonchev–Trinajstić information content (AvgIpc) is 2.75. The van der Waals surface area contributed by atoms with E-state index in [4.69, 9.17) is 4.74 Å². The van der Waals surface area contributed by atoms with E-state index in [1.165, 1.54) is 0 Å². The van der Waals surface area contributed by atoms with Gasteiger partial charge in [0, 0.05) is 28.0 Å². The fourth-order valence-corrected chi connectivity index (χ4v) is 2.92. The maximum absolute atomic E-state index is 12.3. The first kappa shape index (κ1) is 16.0. The lowest BCUT2D eigenvalue weighted by Crippen LogP contribution is -2.10. The van der Waals surface area contributed by atoms with Gasteiger partial charge in [0.15, 0.2) is 5.78 Å². The molecule has 0 amide bonds. The van der Waals surface area contributed by atoms with E-state index >= 15 is 0 Å². The highest BCUT2D eigenvalue weighted by atomic mass is 79.9. The van der Waals surface area contributed by atoms with Crippen LogP contribution in [0.5, 0.6) is 0 Å². The van der Waals surface area contributed by atoms with Crippen LogP contribution in [0, 0.1) is 13.8 Å². The van der Waals surface area contributed by atoms with Crippen LogP contribution in [0.25, 0.3) is 0 Å². The molecule has 0 saturated carbocycles. The third-order valence-electron chi connectivity index (χ3n) is 3.64. The van der Waals surface area contributed by atoms with Crippen molar-refractivity contribution in [3.63, 3.8) is 0 Å². The van der Waals surface area contributed by atoms with Gasteiger partial charge in [-0.2, -0.15) is 0 Å². The number of carbonyl (C=O) groups is 1. The second-order valence-corrected chi connectivity index (χ2v) is 5.89. The Morgan fingerprint density at radius 1 is 1.29 bits per heavy atom. The van der Waals surface area contributed by atoms with Crippen LogP contribution in [-0.4, -0.2) is 17.0 Å². The molecular formula is C17H20BrNO2. The summed E-state index contributed by atoms with van der Waals surface area (Å²) in [5, 5.41) is 0. The molecule has 0 aliphatic carbocycles. The molecule has 0 aliphatic rings. The number of nitrogens with zero attached hydrogens (tertiary/aromatic N) is 1. The van der Waals surface area contributed by atoms with Crippen molar-refractivity contribution in [3.05, 3.63) is 57.3 Å². The van der Waals surface area contributed by atoms with E-state index in [9.17, 15) is 4.79 Å². The summed E-state index contributed by atoms with van der Waals surface area (Å²) in [6.07, 6.45) is 0. The maximum Gasteiger partial charge on any atom is 0.190 e. The van der Waals surface area contributed by atoms with Gasteiger partial charge >= 0.3 is 0 Å². The first-order valence-electron chi connectivity index (χ1n) is 7.05. The summed E-state index contributed by atoms with van der Waals surface area (Å²) in [5.74, 6) is 0.0369. The van der Waals surface area contributed by atoms with Gasteiger partial charge in [-0.05, 0) is 38.5 Å². The standard InChI is InChI=1S/C17H20BrNO2/c1-4-19-12(2)9-15(13(19)3)17(20)11-21-10-14-7-5-6-8-16(14)18/h5-9H,4,10-11H2,1-3H3. The van der Waals surface area contributed by atoms with E-state index in [2.05, 4.69) is 27.4 Å². The summed E-state index contributed by atoms with van der Waals surface area (Å²) in [6, 6.07) is 9.81. The number of benzene rings is 1. The number of carbonyl (C=O) groups excluding carboxylic acids is 1. The van der Waals surface area contributed by atoms with Crippen molar-refractivity contribution in [1.29, 1.82) is 0 Å². The number of halogens is 1. The first-order valence-corrected chi connectivity index (χ1v) is 7.85. The number of rotatable bonds is 6. The number of aryl methyl sites for hydroxylation is 1. The van der Waals surface area contributed by atoms with Crippen molar-refractivity contribution in [2.75, 3.05) is 6.61 Å². The summed E-state index contributed by atoms with van der Waals surface area (Å²) < 4.78 is 8.71. The number of Topliss-reactive ketones (excluding diaryl/α,β-unsaturated/α-hetero) is 1. The Balaban J connectivity index is 1.98. The zero-order valence-corrected chi connectivity index (χ0v) is 14.2. The molecule has 4 heteroatoms. The molecule has 0 spiro atoms. The molecule has 0 aliphatic heterocycles. The molecular weight excluding hydrogens is 330 g/mol. The molecule has 1 aromatic carbocycles. The largest absolute Gasteiger partial charge is 0.369 e. The number of hydrogen-bond donors (Lipinski definition) is 0. The molecule has 21 heavy (non-hydrogen) atoms. The van der Waals surface area contributed by atoms with Crippen molar-refractivity contribution in [2.45, 2.75) is 33.9 Å². The topological polar surface area (TPSA) is 31.2 Å². The lowest BCUT2D eigenvalue weighted by Gasteiger charge is -2.07. The van der Waals surface area contributed by atoms with Crippen LogP contribution in [0.3, 0.4) is 0 Å². The lowest BCUT2D eigenvalue weighted by atomic mass is 10.1. The van der Waals surface area contributed by atoms with Crippen LogP contribution >= 0.6 is 15.9 Å². The minimum atomic E-state index is 0.0369. The summed E-state index contributed by atoms with van der Waals surface area (Å²) in [5.41, 5.74) is 3.94. The van der Waals surface area contributed by atoms with Crippen LogP contribution in [0.15, 0.2) is 34.8 Å². The van der Waals surface area contributed by atoms with Crippen molar-refractivity contribution in [3.8, 4) is 0 Å². The van der Waals surface area contributed by atoms with Crippen LogP contribution in [0.4, 0.5) is 0 Å². The van der Waals surface area contributed by atoms with E-state index in [1.54, 1.807) is 0 Å². The minimum absolute atomic E-state index is 0.0369. The highest BCUT2D eigenvalue weighted by molar-refractivity contribution is 9.10. The average molecular weight is 350 g/mol. The number of aromatic nitrogens is 1. The Kier molecular flexibility index (Phi) is 5.37. The molecule has 0 unspecified atom stereocenters. The van der Waals surface area contributed by atoms with Crippen LogP contribution in [-0.2, 0) is 17.9 Å². The molecule has 0 fully saturated rings. The summed E-state index contributed by atoms with van der Waals surface area (Å²) in [7, 11) is 0. The Hall–Kier alpha value is -1.39. The van der Waals surface area contributed by atoms with Crippen LogP contribution in [0.1, 0.15) is 34.2 Å². The molecule has 112 valence electrons. The number of hydrogen-bond acceptors (Lipinski definition) is 2. The normalized spacial score (nSPS) is 10.9. The van der Waals surface area contributed by atoms with E-state index in [0.29, 0.717) is 6.61 Å². The van der Waals surface area contributed by atoms with Gasteiger partial charge in [0.1, 0.15) is 6.61 Å². The smallest absolute Gasteiger partial charge is 0.190 e. The van der Waals surface area contributed by atoms with Gasteiger partial charge in [-0.1, -0.05) is 34.1 Å². The monoisotopic (exact) mass is 349 g/mol. The molecule has 3 nitrogen and oxygen atoms in total. The van der Waals surface area contributed by atoms with E-state index < -0.39 is 0 Å². The predicted molar refractivity (Wildman–Crippen MR) is 87.7 cm³/mol. The van der Waals surface area contributed by atoms with E-state index in [1.807, 2.05) is 44.2 Å². The van der Waals surface area contributed by atoms with Crippen molar-refractivity contribution in [1.82, 2.24) is 4.57 Å². The Labute approximate surface area is 134 Å². The maximum atomic E-state index is 12.3. The van der Waals surface area contributed by atoms with Crippen molar-refractivity contribution >= 4 is 21.7 Å². The summed E-state index contributed by atoms with van der Waals surface area (Å²) in [4.78, 5) is 12.3. The second-order valence-electron chi connectivity index (χ2n) is 5.04. The van der Waals surface area contributed by atoms with Gasteiger partial charge in [-0.25, -0.2) is 0 Å². The van der Waals surface area contributed by atoms with Crippen LogP contribution < -0.4 is 0 Å². The Bertz CT molecular complexity index is 646. The molecule has 1 aromatic heterocycles. The molecule has 0 bridgehead atoms. The van der Waals surface area contributed by atoms with Crippen molar-refractivity contribution in [2.24, 2.45) is 0 Å². The van der Waals surface area contributed by atoms with E-state index in [0.717, 1.165) is 33.5 Å². The van der Waals surface area contributed by atoms with Gasteiger partial charge in [0.05, 0.1) is 6.61 Å². The molecule has 0 saturated heterocycles. The first-order chi connectivity index (χ1) is 10.0. The Morgan fingerprint density at radius 3 is 2.62 bits per heavy atom. The van der Waals surface area contributed by atoms with Gasteiger partial charge in [0.25, 0.3) is 0 Å². The summed E-state index contributed by atoms with van der Waals surface area (Å²) in [6.45, 7) is 7.50. The molecule has 0 atom stereocenters. The van der Waals surface area contributed by atoms with Crippen molar-refractivity contribution < 1.29 is 9.53 Å². The fraction of sp³-hybridized carbons (Fsp3) is 0.353. The Morgan fingerprint density at radius 2 is 2.00 bits per heavy atom. The molecule has 0 radical (unpaired) electrons. The lowest BCUT2D eigenvalue weighted by molar-refractivity contribution is 0.0725. The summed E-state index contributed by atoms with van der Waals surface area (Å²) >= 11 is 3.47. The second kappa shape index (κ2) is 7.05. The number of ether oxygens (including phenoxy) is 1. The van der Waals surface area contributed by atoms with Gasteiger partial charge in [0.2, 0.25) is 0 Å². The highest BCUT2D eigenvalue weighted by Crippen LogP contribution is 2.18. The SMILES string of the molecule is CCn1c(C)cc(C(=O)COCc2ccccc2Br)c1C. The quantitative estimate of drug-likeness (QED) is 0.728.